The van der Waals surface area contributed by atoms with Crippen molar-refractivity contribution in [1.29, 1.82) is 0 Å². The highest BCUT2D eigenvalue weighted by Crippen LogP contribution is 2.39. The quantitative estimate of drug-likeness (QED) is 0.689. The highest BCUT2D eigenvalue weighted by Gasteiger charge is 2.33. The SMILES string of the molecule is CCC(C)N(C)CC1(CS)CCCC1. The molecule has 0 aliphatic heterocycles. The molecule has 0 radical (unpaired) electrons. The molecule has 0 amide bonds. The Morgan fingerprint density at radius 2 is 1.93 bits per heavy atom. The van der Waals surface area contributed by atoms with Crippen molar-refractivity contribution >= 4 is 12.6 Å². The van der Waals surface area contributed by atoms with Gasteiger partial charge in [0.25, 0.3) is 0 Å². The van der Waals surface area contributed by atoms with Gasteiger partial charge in [-0.25, -0.2) is 0 Å². The summed E-state index contributed by atoms with van der Waals surface area (Å²) in [6, 6.07) is 0.715. The Bertz CT molecular complexity index is 164. The summed E-state index contributed by atoms with van der Waals surface area (Å²) >= 11 is 4.55. The van der Waals surface area contributed by atoms with E-state index in [1.807, 2.05) is 0 Å². The van der Waals surface area contributed by atoms with Gasteiger partial charge >= 0.3 is 0 Å². The molecule has 14 heavy (non-hydrogen) atoms. The van der Waals surface area contributed by atoms with E-state index in [-0.39, 0.29) is 0 Å². The van der Waals surface area contributed by atoms with Crippen molar-refractivity contribution in [2.24, 2.45) is 5.41 Å². The van der Waals surface area contributed by atoms with Crippen LogP contribution in [0.3, 0.4) is 0 Å². The maximum Gasteiger partial charge on any atom is 0.00614 e. The lowest BCUT2D eigenvalue weighted by atomic mass is 9.87. The van der Waals surface area contributed by atoms with Crippen LogP contribution >= 0.6 is 12.6 Å². The zero-order chi connectivity index (χ0) is 10.6. The van der Waals surface area contributed by atoms with Gasteiger partial charge in [-0.15, -0.1) is 0 Å². The first kappa shape index (κ1) is 12.4. The van der Waals surface area contributed by atoms with Crippen molar-refractivity contribution in [1.82, 2.24) is 4.90 Å². The molecule has 0 heterocycles. The molecule has 1 nitrogen and oxygen atoms in total. The lowest BCUT2D eigenvalue weighted by Crippen LogP contribution is -2.39. The minimum Gasteiger partial charge on any atom is -0.303 e. The molecule has 0 bridgehead atoms. The van der Waals surface area contributed by atoms with E-state index in [2.05, 4.69) is 38.4 Å². The fraction of sp³-hybridized carbons (Fsp3) is 1.00. The van der Waals surface area contributed by atoms with Gasteiger partial charge in [0.15, 0.2) is 0 Å². The van der Waals surface area contributed by atoms with E-state index in [1.54, 1.807) is 0 Å². The second-order valence-electron chi connectivity index (χ2n) is 5.04. The zero-order valence-corrected chi connectivity index (χ0v) is 10.8. The highest BCUT2D eigenvalue weighted by atomic mass is 32.1. The van der Waals surface area contributed by atoms with Gasteiger partial charge < -0.3 is 4.90 Å². The van der Waals surface area contributed by atoms with Gasteiger partial charge in [-0.05, 0) is 44.4 Å². The average molecular weight is 215 g/mol. The Morgan fingerprint density at radius 3 is 2.36 bits per heavy atom. The van der Waals surface area contributed by atoms with Crippen LogP contribution in [0.2, 0.25) is 0 Å². The molecule has 0 aromatic heterocycles. The monoisotopic (exact) mass is 215 g/mol. The molecule has 1 unspecified atom stereocenters. The molecule has 0 spiro atoms. The van der Waals surface area contributed by atoms with Gasteiger partial charge in [-0.1, -0.05) is 19.8 Å². The molecule has 2 heteroatoms. The van der Waals surface area contributed by atoms with Crippen LogP contribution in [-0.2, 0) is 0 Å². The van der Waals surface area contributed by atoms with E-state index in [0.29, 0.717) is 11.5 Å². The Balaban J connectivity index is 2.47. The predicted molar refractivity (Wildman–Crippen MR) is 67.1 cm³/mol. The maximum absolute atomic E-state index is 4.55. The van der Waals surface area contributed by atoms with E-state index >= 15 is 0 Å². The van der Waals surface area contributed by atoms with Crippen LogP contribution in [-0.4, -0.2) is 30.3 Å². The van der Waals surface area contributed by atoms with E-state index in [9.17, 15) is 0 Å². The zero-order valence-electron chi connectivity index (χ0n) is 9.92. The Kier molecular flexibility index (Phi) is 4.78. The topological polar surface area (TPSA) is 3.24 Å². The summed E-state index contributed by atoms with van der Waals surface area (Å²) in [6.45, 7) is 5.83. The third-order valence-corrected chi connectivity index (χ3v) is 4.60. The minimum absolute atomic E-state index is 0.529. The largest absolute Gasteiger partial charge is 0.303 e. The third kappa shape index (κ3) is 2.90. The smallest absolute Gasteiger partial charge is 0.00614 e. The average Bonchev–Trinajstić information content (AvgIpc) is 2.65. The van der Waals surface area contributed by atoms with Crippen molar-refractivity contribution in [3.05, 3.63) is 0 Å². The second kappa shape index (κ2) is 5.41. The summed E-state index contributed by atoms with van der Waals surface area (Å²) in [5.41, 5.74) is 0.529. The Labute approximate surface area is 94.7 Å². The molecule has 0 N–H and O–H groups in total. The highest BCUT2D eigenvalue weighted by molar-refractivity contribution is 7.80. The first-order valence-corrected chi connectivity index (χ1v) is 6.58. The van der Waals surface area contributed by atoms with Crippen LogP contribution in [0.5, 0.6) is 0 Å². The number of thiol groups is 1. The van der Waals surface area contributed by atoms with E-state index in [0.717, 1.165) is 5.75 Å². The third-order valence-electron chi connectivity index (χ3n) is 3.93. The molecule has 1 aliphatic carbocycles. The fourth-order valence-corrected chi connectivity index (χ4v) is 2.90. The molecule has 84 valence electrons. The molecule has 0 aromatic rings. The molecular weight excluding hydrogens is 190 g/mol. The lowest BCUT2D eigenvalue weighted by molar-refractivity contribution is 0.160. The number of nitrogens with zero attached hydrogens (tertiary/aromatic N) is 1. The Hall–Kier alpha value is 0.310. The van der Waals surface area contributed by atoms with E-state index < -0.39 is 0 Å². The van der Waals surface area contributed by atoms with Crippen LogP contribution in [0.1, 0.15) is 46.0 Å². The van der Waals surface area contributed by atoms with Crippen LogP contribution in [0.25, 0.3) is 0 Å². The molecule has 1 atom stereocenters. The van der Waals surface area contributed by atoms with Crippen LogP contribution in [0.4, 0.5) is 0 Å². The molecule has 1 rings (SSSR count). The predicted octanol–water partition coefficient (Wildman–Crippen LogP) is 3.21. The summed E-state index contributed by atoms with van der Waals surface area (Å²) in [5, 5.41) is 0. The van der Waals surface area contributed by atoms with Crippen molar-refractivity contribution < 1.29 is 0 Å². The van der Waals surface area contributed by atoms with Crippen LogP contribution in [0, 0.1) is 5.41 Å². The number of hydrogen-bond donors (Lipinski definition) is 1. The summed E-state index contributed by atoms with van der Waals surface area (Å²) in [6.07, 6.45) is 6.84. The van der Waals surface area contributed by atoms with E-state index in [1.165, 1.54) is 38.6 Å². The molecule has 1 fully saturated rings. The Morgan fingerprint density at radius 1 is 1.36 bits per heavy atom. The summed E-state index contributed by atoms with van der Waals surface area (Å²) in [7, 11) is 2.26. The number of hydrogen-bond acceptors (Lipinski definition) is 2. The molecule has 1 aliphatic rings. The summed E-state index contributed by atoms with van der Waals surface area (Å²) < 4.78 is 0. The van der Waals surface area contributed by atoms with Gasteiger partial charge in [-0.2, -0.15) is 12.6 Å². The normalized spacial score (nSPS) is 22.9. The number of rotatable bonds is 5. The first-order chi connectivity index (χ1) is 6.63. The fourth-order valence-electron chi connectivity index (χ4n) is 2.49. The summed E-state index contributed by atoms with van der Waals surface area (Å²) in [5.74, 6) is 1.06. The molecule has 0 aromatic carbocycles. The molecule has 1 saturated carbocycles. The molecule has 0 saturated heterocycles. The van der Waals surface area contributed by atoms with Gasteiger partial charge in [-0.3, -0.25) is 0 Å². The minimum atomic E-state index is 0.529. The lowest BCUT2D eigenvalue weighted by Gasteiger charge is -2.35. The van der Waals surface area contributed by atoms with Crippen molar-refractivity contribution in [3.63, 3.8) is 0 Å². The second-order valence-corrected chi connectivity index (χ2v) is 5.35. The van der Waals surface area contributed by atoms with Crippen molar-refractivity contribution in [3.8, 4) is 0 Å². The van der Waals surface area contributed by atoms with Crippen molar-refractivity contribution in [2.75, 3.05) is 19.3 Å². The maximum atomic E-state index is 4.55. The standard InChI is InChI=1S/C12H25NS/c1-4-11(2)13(3)9-12(10-14)7-5-6-8-12/h11,14H,4-10H2,1-3H3. The van der Waals surface area contributed by atoms with Crippen LogP contribution < -0.4 is 0 Å². The summed E-state index contributed by atoms with van der Waals surface area (Å²) in [4.78, 5) is 2.52. The van der Waals surface area contributed by atoms with Crippen molar-refractivity contribution in [2.45, 2.75) is 52.0 Å². The first-order valence-electron chi connectivity index (χ1n) is 5.94. The van der Waals surface area contributed by atoms with E-state index in [4.69, 9.17) is 0 Å². The molecular formula is C12H25NS. The van der Waals surface area contributed by atoms with Crippen LogP contribution in [0.15, 0.2) is 0 Å². The van der Waals surface area contributed by atoms with Gasteiger partial charge in [0.1, 0.15) is 0 Å². The van der Waals surface area contributed by atoms with Gasteiger partial charge in [0, 0.05) is 12.6 Å². The van der Waals surface area contributed by atoms with Gasteiger partial charge in [0.2, 0.25) is 0 Å². The van der Waals surface area contributed by atoms with Gasteiger partial charge in [0.05, 0.1) is 0 Å².